The summed E-state index contributed by atoms with van der Waals surface area (Å²) >= 11 is 0. The first-order valence-electron chi connectivity index (χ1n) is 4.95. The molecule has 0 aliphatic carbocycles. The molecular formula is C10H22N2O. The van der Waals surface area contributed by atoms with E-state index in [1.54, 1.807) is 0 Å². The van der Waals surface area contributed by atoms with Gasteiger partial charge in [0.1, 0.15) is 0 Å². The van der Waals surface area contributed by atoms with Gasteiger partial charge < -0.3 is 11.5 Å². The Morgan fingerprint density at radius 2 is 1.85 bits per heavy atom. The quantitative estimate of drug-likeness (QED) is 0.648. The molecule has 0 fully saturated rings. The van der Waals surface area contributed by atoms with E-state index in [-0.39, 0.29) is 12.3 Å². The third-order valence-corrected chi connectivity index (χ3v) is 2.09. The molecule has 0 spiro atoms. The Balaban J connectivity index is 3.77. The molecule has 13 heavy (non-hydrogen) atoms. The van der Waals surface area contributed by atoms with Crippen LogP contribution < -0.4 is 11.5 Å². The van der Waals surface area contributed by atoms with Crippen molar-refractivity contribution in [1.29, 1.82) is 0 Å². The summed E-state index contributed by atoms with van der Waals surface area (Å²) in [5, 5.41) is 0. The van der Waals surface area contributed by atoms with Gasteiger partial charge in [0, 0.05) is 13.0 Å². The molecule has 0 radical (unpaired) electrons. The lowest BCUT2D eigenvalue weighted by atomic mass is 9.92. The van der Waals surface area contributed by atoms with Crippen LogP contribution in [0.25, 0.3) is 0 Å². The van der Waals surface area contributed by atoms with E-state index in [4.69, 9.17) is 11.5 Å². The molecule has 2 atom stereocenters. The fourth-order valence-electron chi connectivity index (χ4n) is 1.51. The first-order valence-corrected chi connectivity index (χ1v) is 4.95. The smallest absolute Gasteiger partial charge is 0.151 e. The topological polar surface area (TPSA) is 69.1 Å². The highest BCUT2D eigenvalue weighted by molar-refractivity contribution is 5.84. The maximum Gasteiger partial charge on any atom is 0.151 e. The summed E-state index contributed by atoms with van der Waals surface area (Å²) in [5.41, 5.74) is 10.8. The van der Waals surface area contributed by atoms with Crippen LogP contribution >= 0.6 is 0 Å². The van der Waals surface area contributed by atoms with E-state index in [9.17, 15) is 4.79 Å². The fraction of sp³-hybridized carbons (Fsp3) is 0.900. The van der Waals surface area contributed by atoms with Gasteiger partial charge in [-0.15, -0.1) is 0 Å². The van der Waals surface area contributed by atoms with Crippen LogP contribution in [-0.2, 0) is 4.79 Å². The van der Waals surface area contributed by atoms with Crippen molar-refractivity contribution in [3.8, 4) is 0 Å². The largest absolute Gasteiger partial charge is 0.328 e. The van der Waals surface area contributed by atoms with Crippen molar-refractivity contribution in [2.24, 2.45) is 23.3 Å². The number of nitrogens with two attached hydrogens (primary N) is 2. The Morgan fingerprint density at radius 1 is 1.31 bits per heavy atom. The maximum absolute atomic E-state index is 11.4. The van der Waals surface area contributed by atoms with E-state index in [0.717, 1.165) is 6.42 Å². The van der Waals surface area contributed by atoms with E-state index >= 15 is 0 Å². The molecule has 0 aliphatic heterocycles. The van der Waals surface area contributed by atoms with Gasteiger partial charge in [-0.05, 0) is 18.3 Å². The molecule has 0 aromatic heterocycles. The fourth-order valence-corrected chi connectivity index (χ4v) is 1.51. The van der Waals surface area contributed by atoms with Crippen LogP contribution in [0, 0.1) is 11.8 Å². The molecule has 0 unspecified atom stereocenters. The van der Waals surface area contributed by atoms with Crippen molar-refractivity contribution in [2.75, 3.05) is 6.54 Å². The normalized spacial score (nSPS) is 15.8. The van der Waals surface area contributed by atoms with Crippen LogP contribution in [-0.4, -0.2) is 18.4 Å². The molecule has 0 aromatic rings. The number of hydrogen-bond acceptors (Lipinski definition) is 3. The monoisotopic (exact) mass is 186 g/mol. The number of carbonyl (C=O) groups is 1. The van der Waals surface area contributed by atoms with E-state index < -0.39 is 6.04 Å². The highest BCUT2D eigenvalue weighted by atomic mass is 16.1. The van der Waals surface area contributed by atoms with Crippen molar-refractivity contribution in [2.45, 2.75) is 39.7 Å². The molecular weight excluding hydrogens is 164 g/mol. The molecule has 0 saturated heterocycles. The molecule has 0 saturated carbocycles. The zero-order valence-electron chi connectivity index (χ0n) is 8.92. The summed E-state index contributed by atoms with van der Waals surface area (Å²) in [4.78, 5) is 11.4. The Hall–Kier alpha value is -0.410. The van der Waals surface area contributed by atoms with Crippen molar-refractivity contribution in [3.63, 3.8) is 0 Å². The van der Waals surface area contributed by atoms with Gasteiger partial charge in [0.2, 0.25) is 0 Å². The van der Waals surface area contributed by atoms with E-state index in [1.807, 2.05) is 0 Å². The first kappa shape index (κ1) is 12.6. The minimum absolute atomic E-state index is 0.0932. The van der Waals surface area contributed by atoms with Gasteiger partial charge in [0.25, 0.3) is 0 Å². The van der Waals surface area contributed by atoms with Crippen LogP contribution in [0.2, 0.25) is 0 Å². The van der Waals surface area contributed by atoms with Crippen LogP contribution in [0.4, 0.5) is 0 Å². The summed E-state index contributed by atoms with van der Waals surface area (Å²) in [6.07, 6.45) is 1.64. The SMILES string of the molecule is CC(C)C[C@@H](C)CC(=O)[C@H](N)CN. The second-order valence-electron chi connectivity index (χ2n) is 4.25. The Morgan fingerprint density at radius 3 is 2.23 bits per heavy atom. The summed E-state index contributed by atoms with van der Waals surface area (Å²) in [5.74, 6) is 1.15. The minimum Gasteiger partial charge on any atom is -0.328 e. The number of carbonyl (C=O) groups excluding carboxylic acids is 1. The summed E-state index contributed by atoms with van der Waals surface area (Å²) in [6, 6.07) is -0.463. The van der Waals surface area contributed by atoms with Gasteiger partial charge in [-0.2, -0.15) is 0 Å². The second kappa shape index (κ2) is 6.11. The number of ketones is 1. The van der Waals surface area contributed by atoms with Crippen LogP contribution in [0.15, 0.2) is 0 Å². The van der Waals surface area contributed by atoms with Crippen LogP contribution in [0.1, 0.15) is 33.6 Å². The first-order chi connectivity index (χ1) is 5.97. The summed E-state index contributed by atoms with van der Waals surface area (Å²) in [6.45, 7) is 6.65. The molecule has 0 rings (SSSR count). The van der Waals surface area contributed by atoms with E-state index in [2.05, 4.69) is 20.8 Å². The van der Waals surface area contributed by atoms with Crippen molar-refractivity contribution in [3.05, 3.63) is 0 Å². The van der Waals surface area contributed by atoms with Crippen molar-refractivity contribution < 1.29 is 4.79 Å². The maximum atomic E-state index is 11.4. The van der Waals surface area contributed by atoms with E-state index in [1.165, 1.54) is 0 Å². The average molecular weight is 186 g/mol. The van der Waals surface area contributed by atoms with Gasteiger partial charge in [-0.1, -0.05) is 20.8 Å². The molecule has 3 heteroatoms. The Bertz CT molecular complexity index is 157. The van der Waals surface area contributed by atoms with Crippen molar-refractivity contribution in [1.82, 2.24) is 0 Å². The van der Waals surface area contributed by atoms with Crippen LogP contribution in [0.5, 0.6) is 0 Å². The second-order valence-corrected chi connectivity index (χ2v) is 4.25. The lowest BCUT2D eigenvalue weighted by molar-refractivity contribution is -0.120. The zero-order chi connectivity index (χ0) is 10.4. The molecule has 4 N–H and O–H groups in total. The molecule has 0 aromatic carbocycles. The molecule has 0 bridgehead atoms. The average Bonchev–Trinajstić information content (AvgIpc) is 2.01. The number of Topliss-reactive ketones (excluding diaryl/α,β-unsaturated/α-hetero) is 1. The predicted octanol–water partition coefficient (Wildman–Crippen LogP) is 0.914. The number of rotatable bonds is 6. The lowest BCUT2D eigenvalue weighted by Crippen LogP contribution is -2.38. The van der Waals surface area contributed by atoms with Gasteiger partial charge >= 0.3 is 0 Å². The zero-order valence-corrected chi connectivity index (χ0v) is 8.92. The highest BCUT2D eigenvalue weighted by Gasteiger charge is 2.15. The molecule has 0 heterocycles. The molecule has 0 amide bonds. The third kappa shape index (κ3) is 5.77. The van der Waals surface area contributed by atoms with Gasteiger partial charge in [0.15, 0.2) is 5.78 Å². The summed E-state index contributed by atoms with van der Waals surface area (Å²) < 4.78 is 0. The van der Waals surface area contributed by atoms with Gasteiger partial charge in [0.05, 0.1) is 6.04 Å². The highest BCUT2D eigenvalue weighted by Crippen LogP contribution is 2.15. The minimum atomic E-state index is -0.463. The Labute approximate surface area is 80.9 Å². The standard InChI is InChI=1S/C10H22N2O/c1-7(2)4-8(3)5-10(13)9(12)6-11/h7-9H,4-6,11-12H2,1-3H3/t8-,9-/m1/s1. The molecule has 0 aliphatic rings. The van der Waals surface area contributed by atoms with Crippen molar-refractivity contribution >= 4 is 5.78 Å². The molecule has 3 nitrogen and oxygen atoms in total. The predicted molar refractivity (Wildman–Crippen MR) is 55.3 cm³/mol. The number of hydrogen-bond donors (Lipinski definition) is 2. The Kier molecular flexibility index (Phi) is 5.91. The van der Waals surface area contributed by atoms with Gasteiger partial charge in [-0.3, -0.25) is 4.79 Å². The van der Waals surface area contributed by atoms with Crippen LogP contribution in [0.3, 0.4) is 0 Å². The van der Waals surface area contributed by atoms with E-state index in [0.29, 0.717) is 18.3 Å². The summed E-state index contributed by atoms with van der Waals surface area (Å²) in [7, 11) is 0. The lowest BCUT2D eigenvalue weighted by Gasteiger charge is -2.15. The third-order valence-electron chi connectivity index (χ3n) is 2.09. The van der Waals surface area contributed by atoms with Gasteiger partial charge in [-0.25, -0.2) is 0 Å². The molecule has 78 valence electrons.